The van der Waals surface area contributed by atoms with Crippen LogP contribution in [-0.2, 0) is 14.3 Å². The molecular formula is C9H14O5. The Balaban J connectivity index is 2.35. The standard InChI is InChI=1S/C9H14O5/c1-6(10)13-7-3-2-4-8(5-7)14-9(11)12/h7-8H,2-5H2,1H3,(H,11,12)/t7-,8+/m1/s1. The number of hydrogen-bond donors (Lipinski definition) is 1. The average molecular weight is 202 g/mol. The van der Waals surface area contributed by atoms with E-state index in [-0.39, 0.29) is 18.2 Å². The Labute approximate surface area is 82.0 Å². The Bertz CT molecular complexity index is 203. The maximum Gasteiger partial charge on any atom is 0.506 e. The van der Waals surface area contributed by atoms with Gasteiger partial charge in [-0.1, -0.05) is 0 Å². The summed E-state index contributed by atoms with van der Waals surface area (Å²) in [6.07, 6.45) is 1.03. The van der Waals surface area contributed by atoms with E-state index in [4.69, 9.17) is 9.84 Å². The van der Waals surface area contributed by atoms with E-state index < -0.39 is 6.16 Å². The number of ether oxygens (including phenoxy) is 2. The second-order valence-electron chi connectivity index (χ2n) is 3.40. The molecule has 5 nitrogen and oxygen atoms in total. The maximum atomic E-state index is 10.7. The minimum Gasteiger partial charge on any atom is -0.462 e. The molecule has 0 bridgehead atoms. The Morgan fingerprint density at radius 3 is 2.29 bits per heavy atom. The lowest BCUT2D eigenvalue weighted by Crippen LogP contribution is -2.30. The molecular weight excluding hydrogens is 188 g/mol. The van der Waals surface area contributed by atoms with Crippen LogP contribution < -0.4 is 0 Å². The van der Waals surface area contributed by atoms with Gasteiger partial charge in [0.2, 0.25) is 0 Å². The second kappa shape index (κ2) is 4.83. The number of esters is 1. The van der Waals surface area contributed by atoms with Crippen LogP contribution in [0.3, 0.4) is 0 Å². The normalized spacial score (nSPS) is 26.6. The molecule has 0 aromatic rings. The minimum atomic E-state index is -1.27. The van der Waals surface area contributed by atoms with Crippen molar-refractivity contribution in [3.63, 3.8) is 0 Å². The Morgan fingerprint density at radius 2 is 1.79 bits per heavy atom. The summed E-state index contributed by atoms with van der Waals surface area (Å²) in [5.74, 6) is -0.328. The molecule has 1 saturated carbocycles. The highest BCUT2D eigenvalue weighted by Crippen LogP contribution is 2.23. The molecule has 2 atom stereocenters. The fraction of sp³-hybridized carbons (Fsp3) is 0.778. The summed E-state index contributed by atoms with van der Waals surface area (Å²) in [7, 11) is 0. The van der Waals surface area contributed by atoms with Gasteiger partial charge in [-0.25, -0.2) is 4.79 Å². The molecule has 0 amide bonds. The SMILES string of the molecule is CC(=O)O[C@@H]1CCC[C@H](OC(=O)O)C1. The summed E-state index contributed by atoms with van der Waals surface area (Å²) in [5.41, 5.74) is 0. The molecule has 1 N–H and O–H groups in total. The van der Waals surface area contributed by atoms with Crippen LogP contribution >= 0.6 is 0 Å². The predicted molar refractivity (Wildman–Crippen MR) is 46.9 cm³/mol. The molecule has 0 aliphatic heterocycles. The number of carbonyl (C=O) groups is 2. The summed E-state index contributed by atoms with van der Waals surface area (Å²) >= 11 is 0. The molecule has 0 heterocycles. The molecule has 0 radical (unpaired) electrons. The van der Waals surface area contributed by atoms with E-state index in [9.17, 15) is 9.59 Å². The molecule has 0 unspecified atom stereocenters. The number of rotatable bonds is 2. The van der Waals surface area contributed by atoms with Crippen molar-refractivity contribution in [1.82, 2.24) is 0 Å². The van der Waals surface area contributed by atoms with E-state index in [1.807, 2.05) is 0 Å². The number of hydrogen-bond acceptors (Lipinski definition) is 4. The topological polar surface area (TPSA) is 72.8 Å². The lowest BCUT2D eigenvalue weighted by atomic mass is 9.95. The average Bonchev–Trinajstić information content (AvgIpc) is 2.01. The first kappa shape index (κ1) is 10.8. The van der Waals surface area contributed by atoms with Gasteiger partial charge < -0.3 is 14.6 Å². The molecule has 0 aromatic carbocycles. The lowest BCUT2D eigenvalue weighted by Gasteiger charge is -2.27. The summed E-state index contributed by atoms with van der Waals surface area (Å²) in [4.78, 5) is 20.9. The molecule has 0 saturated heterocycles. The second-order valence-corrected chi connectivity index (χ2v) is 3.40. The van der Waals surface area contributed by atoms with Gasteiger partial charge in [-0.3, -0.25) is 4.79 Å². The quantitative estimate of drug-likeness (QED) is 0.688. The zero-order valence-electron chi connectivity index (χ0n) is 8.06. The van der Waals surface area contributed by atoms with E-state index in [0.29, 0.717) is 12.8 Å². The highest BCUT2D eigenvalue weighted by atomic mass is 16.7. The van der Waals surface area contributed by atoms with Gasteiger partial charge in [0.15, 0.2) is 0 Å². The summed E-state index contributed by atoms with van der Waals surface area (Å²) < 4.78 is 9.62. The molecule has 1 rings (SSSR count). The van der Waals surface area contributed by atoms with Crippen LogP contribution in [0.4, 0.5) is 4.79 Å². The fourth-order valence-corrected chi connectivity index (χ4v) is 1.69. The highest BCUT2D eigenvalue weighted by Gasteiger charge is 2.26. The van der Waals surface area contributed by atoms with Crippen molar-refractivity contribution in [2.24, 2.45) is 0 Å². The van der Waals surface area contributed by atoms with Crippen molar-refractivity contribution in [3.05, 3.63) is 0 Å². The first-order valence-corrected chi connectivity index (χ1v) is 4.64. The maximum absolute atomic E-state index is 10.7. The van der Waals surface area contributed by atoms with Crippen LogP contribution in [0, 0.1) is 0 Å². The Morgan fingerprint density at radius 1 is 1.21 bits per heavy atom. The molecule has 5 heteroatoms. The van der Waals surface area contributed by atoms with Gasteiger partial charge >= 0.3 is 12.1 Å². The van der Waals surface area contributed by atoms with Gasteiger partial charge in [0.25, 0.3) is 0 Å². The molecule has 14 heavy (non-hydrogen) atoms. The number of carbonyl (C=O) groups excluding carboxylic acids is 1. The van der Waals surface area contributed by atoms with Crippen molar-refractivity contribution in [2.75, 3.05) is 0 Å². The first-order chi connectivity index (χ1) is 6.58. The fourth-order valence-electron chi connectivity index (χ4n) is 1.69. The van der Waals surface area contributed by atoms with Gasteiger partial charge in [-0.2, -0.15) is 0 Å². The number of carboxylic acid groups (broad SMARTS) is 1. The first-order valence-electron chi connectivity index (χ1n) is 4.64. The third kappa shape index (κ3) is 3.64. The van der Waals surface area contributed by atoms with Crippen molar-refractivity contribution in [1.29, 1.82) is 0 Å². The van der Waals surface area contributed by atoms with Crippen molar-refractivity contribution < 1.29 is 24.2 Å². The van der Waals surface area contributed by atoms with Gasteiger partial charge in [0.05, 0.1) is 0 Å². The predicted octanol–water partition coefficient (Wildman–Crippen LogP) is 1.56. The van der Waals surface area contributed by atoms with Crippen LogP contribution in [0.1, 0.15) is 32.6 Å². The van der Waals surface area contributed by atoms with Gasteiger partial charge in [0, 0.05) is 13.3 Å². The van der Waals surface area contributed by atoms with Gasteiger partial charge in [0.1, 0.15) is 12.2 Å². The largest absolute Gasteiger partial charge is 0.506 e. The van der Waals surface area contributed by atoms with Crippen LogP contribution in [0.15, 0.2) is 0 Å². The van der Waals surface area contributed by atoms with Crippen molar-refractivity contribution in [2.45, 2.75) is 44.8 Å². The van der Waals surface area contributed by atoms with E-state index in [0.717, 1.165) is 12.8 Å². The summed E-state index contributed by atoms with van der Waals surface area (Å²) in [5, 5.41) is 8.40. The molecule has 1 fully saturated rings. The van der Waals surface area contributed by atoms with E-state index in [2.05, 4.69) is 4.74 Å². The highest BCUT2D eigenvalue weighted by molar-refractivity contribution is 5.66. The van der Waals surface area contributed by atoms with E-state index >= 15 is 0 Å². The molecule has 1 aliphatic rings. The molecule has 80 valence electrons. The third-order valence-electron chi connectivity index (χ3n) is 2.18. The van der Waals surface area contributed by atoms with Gasteiger partial charge in [-0.05, 0) is 19.3 Å². The van der Waals surface area contributed by atoms with Crippen LogP contribution in [-0.4, -0.2) is 29.4 Å². The van der Waals surface area contributed by atoms with Crippen molar-refractivity contribution >= 4 is 12.1 Å². The van der Waals surface area contributed by atoms with E-state index in [1.165, 1.54) is 6.92 Å². The van der Waals surface area contributed by atoms with Crippen LogP contribution in [0.5, 0.6) is 0 Å². The monoisotopic (exact) mass is 202 g/mol. The van der Waals surface area contributed by atoms with E-state index in [1.54, 1.807) is 0 Å². The lowest BCUT2D eigenvalue weighted by molar-refractivity contribution is -0.149. The minimum absolute atomic E-state index is 0.189. The Kier molecular flexibility index (Phi) is 3.73. The zero-order chi connectivity index (χ0) is 10.6. The molecule has 0 aromatic heterocycles. The van der Waals surface area contributed by atoms with Gasteiger partial charge in [-0.15, -0.1) is 0 Å². The summed E-state index contributed by atoms with van der Waals surface area (Å²) in [6.45, 7) is 1.35. The summed E-state index contributed by atoms with van der Waals surface area (Å²) in [6, 6.07) is 0. The zero-order valence-corrected chi connectivity index (χ0v) is 8.06. The van der Waals surface area contributed by atoms with Crippen molar-refractivity contribution in [3.8, 4) is 0 Å². The van der Waals surface area contributed by atoms with Crippen LogP contribution in [0.2, 0.25) is 0 Å². The smallest absolute Gasteiger partial charge is 0.462 e. The Hall–Kier alpha value is -1.26. The molecule has 1 aliphatic carbocycles. The molecule has 0 spiro atoms. The third-order valence-corrected chi connectivity index (χ3v) is 2.18. The van der Waals surface area contributed by atoms with Crippen LogP contribution in [0.25, 0.3) is 0 Å².